The van der Waals surface area contributed by atoms with Gasteiger partial charge >= 0.3 is 5.97 Å². The summed E-state index contributed by atoms with van der Waals surface area (Å²) in [7, 11) is 0. The quantitative estimate of drug-likeness (QED) is 0.249. The highest BCUT2D eigenvalue weighted by Crippen LogP contribution is 2.33. The van der Waals surface area contributed by atoms with Crippen LogP contribution in [-0.2, 0) is 4.79 Å². The summed E-state index contributed by atoms with van der Waals surface area (Å²) in [6.07, 6.45) is 7.40. The molecule has 2 nitrogen and oxygen atoms in total. The first-order valence-corrected chi connectivity index (χ1v) is 10.4. The topological polar surface area (TPSA) is 26.3 Å². The van der Waals surface area contributed by atoms with Crippen LogP contribution in [0.15, 0.2) is 49.1 Å². The van der Waals surface area contributed by atoms with Gasteiger partial charge in [-0.1, -0.05) is 35.6 Å². The van der Waals surface area contributed by atoms with Gasteiger partial charge in [-0.3, -0.25) is 4.79 Å². The fourth-order valence-electron chi connectivity index (χ4n) is 3.74. The van der Waals surface area contributed by atoms with Crippen molar-refractivity contribution in [3.63, 3.8) is 0 Å². The first-order chi connectivity index (χ1) is 14.5. The minimum atomic E-state index is -0.842. The molecule has 0 spiro atoms. The number of hydrogen-bond acceptors (Lipinski definition) is 2. The second-order valence-electron chi connectivity index (χ2n) is 7.88. The van der Waals surface area contributed by atoms with Crippen molar-refractivity contribution in [3.8, 4) is 17.6 Å². The Kier molecular flexibility index (Phi) is 7.41. The van der Waals surface area contributed by atoms with E-state index < -0.39 is 17.6 Å². The van der Waals surface area contributed by atoms with Crippen molar-refractivity contribution in [3.05, 3.63) is 77.4 Å². The number of rotatable bonds is 5. The zero-order valence-electron chi connectivity index (χ0n) is 17.2. The molecule has 2 aromatic carbocycles. The molecule has 0 radical (unpaired) electrons. The highest BCUT2D eigenvalue weighted by Gasteiger charge is 2.27. The largest absolute Gasteiger partial charge is 0.426 e. The number of esters is 1. The van der Waals surface area contributed by atoms with E-state index in [2.05, 4.69) is 18.4 Å². The molecule has 0 N–H and O–H groups in total. The van der Waals surface area contributed by atoms with E-state index in [1.54, 1.807) is 12.1 Å². The van der Waals surface area contributed by atoms with E-state index in [1.165, 1.54) is 0 Å². The second kappa shape index (κ2) is 10.2. The SMILES string of the molecule is C=CCCC1CCC(C(=O)Oc2cc(F)c(C#Cc3ccc(C)cc3)c(F)c2)CC1. The molecule has 0 aromatic heterocycles. The van der Waals surface area contributed by atoms with Crippen LogP contribution in [0.25, 0.3) is 0 Å². The lowest BCUT2D eigenvalue weighted by Crippen LogP contribution is -2.25. The standard InChI is InChI=1S/C26H26F2O2/c1-3-4-5-19-10-13-21(14-11-19)26(29)30-22-16-24(27)23(25(28)17-22)15-12-20-8-6-18(2)7-9-20/h3,6-9,16-17,19,21H,1,4-5,10-11,13-14H2,2H3. The number of hydrogen-bond donors (Lipinski definition) is 0. The molecule has 0 heterocycles. The molecule has 1 saturated carbocycles. The van der Waals surface area contributed by atoms with Crippen molar-refractivity contribution in [1.29, 1.82) is 0 Å². The maximum absolute atomic E-state index is 14.4. The Hall–Kier alpha value is -2.93. The molecule has 3 rings (SSSR count). The monoisotopic (exact) mass is 408 g/mol. The molecule has 1 aliphatic carbocycles. The Morgan fingerprint density at radius 2 is 1.73 bits per heavy atom. The average molecular weight is 408 g/mol. The van der Waals surface area contributed by atoms with Gasteiger partial charge in [-0.25, -0.2) is 8.78 Å². The van der Waals surface area contributed by atoms with Crippen LogP contribution >= 0.6 is 0 Å². The van der Waals surface area contributed by atoms with Gasteiger partial charge in [0, 0.05) is 17.7 Å². The highest BCUT2D eigenvalue weighted by molar-refractivity contribution is 5.75. The van der Waals surface area contributed by atoms with Crippen LogP contribution in [0.3, 0.4) is 0 Å². The van der Waals surface area contributed by atoms with Crippen molar-refractivity contribution < 1.29 is 18.3 Å². The van der Waals surface area contributed by atoms with Crippen LogP contribution in [0.2, 0.25) is 0 Å². The highest BCUT2D eigenvalue weighted by atomic mass is 19.1. The third-order valence-electron chi connectivity index (χ3n) is 5.58. The van der Waals surface area contributed by atoms with Crippen molar-refractivity contribution in [2.24, 2.45) is 11.8 Å². The molecule has 0 unspecified atom stereocenters. The summed E-state index contributed by atoms with van der Waals surface area (Å²) in [5.74, 6) is 3.44. The lowest BCUT2D eigenvalue weighted by Gasteiger charge is -2.26. The molecule has 156 valence electrons. The fraction of sp³-hybridized carbons (Fsp3) is 0.346. The van der Waals surface area contributed by atoms with E-state index in [4.69, 9.17) is 4.74 Å². The van der Waals surface area contributed by atoms with Crippen LogP contribution in [0.5, 0.6) is 5.75 Å². The van der Waals surface area contributed by atoms with Crippen LogP contribution < -0.4 is 4.74 Å². The Bertz CT molecular complexity index is 936. The summed E-state index contributed by atoms with van der Waals surface area (Å²) in [4.78, 5) is 12.4. The first kappa shape index (κ1) is 21.8. The fourth-order valence-corrected chi connectivity index (χ4v) is 3.74. The van der Waals surface area contributed by atoms with Gasteiger partial charge in [-0.05, 0) is 63.5 Å². The predicted molar refractivity (Wildman–Crippen MR) is 114 cm³/mol. The van der Waals surface area contributed by atoms with E-state index in [1.807, 2.05) is 25.1 Å². The molecule has 0 bridgehead atoms. The third kappa shape index (κ3) is 5.79. The van der Waals surface area contributed by atoms with Gasteiger partial charge in [-0.2, -0.15) is 0 Å². The number of benzene rings is 2. The lowest BCUT2D eigenvalue weighted by atomic mass is 9.80. The molecule has 0 aliphatic heterocycles. The molecule has 2 aromatic rings. The molecular formula is C26H26F2O2. The molecule has 0 atom stereocenters. The Labute approximate surface area is 177 Å². The molecule has 0 saturated heterocycles. The zero-order valence-corrected chi connectivity index (χ0v) is 17.2. The summed E-state index contributed by atoms with van der Waals surface area (Å²) in [5, 5.41) is 0. The van der Waals surface area contributed by atoms with Crippen LogP contribution in [0, 0.1) is 42.2 Å². The number of carbonyl (C=O) groups excluding carboxylic acids is 1. The number of ether oxygens (including phenoxy) is 1. The zero-order chi connectivity index (χ0) is 21.5. The summed E-state index contributed by atoms with van der Waals surface area (Å²) in [5.41, 5.74) is 1.41. The molecule has 0 amide bonds. The minimum absolute atomic E-state index is 0.121. The van der Waals surface area contributed by atoms with Crippen LogP contribution in [-0.4, -0.2) is 5.97 Å². The second-order valence-corrected chi connectivity index (χ2v) is 7.88. The van der Waals surface area contributed by atoms with Crippen molar-refractivity contribution in [1.82, 2.24) is 0 Å². The van der Waals surface area contributed by atoms with E-state index in [0.29, 0.717) is 11.5 Å². The number of allylic oxidation sites excluding steroid dienone is 1. The van der Waals surface area contributed by atoms with Crippen molar-refractivity contribution in [2.75, 3.05) is 0 Å². The van der Waals surface area contributed by atoms with Crippen molar-refractivity contribution >= 4 is 5.97 Å². The number of aryl methyl sites for hydroxylation is 1. The Balaban J connectivity index is 1.63. The number of halogens is 2. The van der Waals surface area contributed by atoms with Gasteiger partial charge in [0.1, 0.15) is 17.4 Å². The molecule has 1 fully saturated rings. The van der Waals surface area contributed by atoms with Crippen molar-refractivity contribution in [2.45, 2.75) is 45.4 Å². The van der Waals surface area contributed by atoms with Gasteiger partial charge < -0.3 is 4.74 Å². The Morgan fingerprint density at radius 3 is 2.33 bits per heavy atom. The third-order valence-corrected chi connectivity index (χ3v) is 5.58. The van der Waals surface area contributed by atoms with E-state index >= 15 is 0 Å². The van der Waals surface area contributed by atoms with E-state index in [-0.39, 0.29) is 17.2 Å². The minimum Gasteiger partial charge on any atom is -0.426 e. The molecule has 30 heavy (non-hydrogen) atoms. The molecular weight excluding hydrogens is 382 g/mol. The van der Waals surface area contributed by atoms with Crippen LogP contribution in [0.1, 0.15) is 55.2 Å². The van der Waals surface area contributed by atoms with Gasteiger partial charge in [0.2, 0.25) is 0 Å². The van der Waals surface area contributed by atoms with Gasteiger partial charge in [-0.15, -0.1) is 6.58 Å². The normalized spacial score (nSPS) is 18.2. The smallest absolute Gasteiger partial charge is 0.314 e. The van der Waals surface area contributed by atoms with Gasteiger partial charge in [0.05, 0.1) is 11.5 Å². The van der Waals surface area contributed by atoms with Gasteiger partial charge in [0.15, 0.2) is 0 Å². The van der Waals surface area contributed by atoms with E-state index in [0.717, 1.165) is 56.2 Å². The maximum atomic E-state index is 14.4. The Morgan fingerprint density at radius 1 is 1.10 bits per heavy atom. The first-order valence-electron chi connectivity index (χ1n) is 10.4. The lowest BCUT2D eigenvalue weighted by molar-refractivity contribution is -0.140. The maximum Gasteiger partial charge on any atom is 0.314 e. The molecule has 4 heteroatoms. The molecule has 1 aliphatic rings. The summed E-state index contributed by atoms with van der Waals surface area (Å²) < 4.78 is 34.1. The van der Waals surface area contributed by atoms with Crippen LogP contribution in [0.4, 0.5) is 8.78 Å². The number of carbonyl (C=O) groups is 1. The van der Waals surface area contributed by atoms with Gasteiger partial charge in [0.25, 0.3) is 0 Å². The summed E-state index contributed by atoms with van der Waals surface area (Å²) in [6, 6.07) is 9.39. The predicted octanol–water partition coefficient (Wildman–Crippen LogP) is 6.35. The van der Waals surface area contributed by atoms with E-state index in [9.17, 15) is 13.6 Å². The summed E-state index contributed by atoms with van der Waals surface area (Å²) in [6.45, 7) is 5.69. The average Bonchev–Trinajstić information content (AvgIpc) is 2.73. The summed E-state index contributed by atoms with van der Waals surface area (Å²) >= 11 is 0.